The van der Waals surface area contributed by atoms with Gasteiger partial charge in [-0.1, -0.05) is 0 Å². The molecule has 88 valence electrons. The molecule has 2 heterocycles. The van der Waals surface area contributed by atoms with Crippen LogP contribution >= 0.6 is 0 Å². The van der Waals surface area contributed by atoms with Gasteiger partial charge in [-0.15, -0.1) is 0 Å². The second kappa shape index (κ2) is 4.39. The number of sulfone groups is 1. The molecule has 0 spiro atoms. The predicted octanol–water partition coefficient (Wildman–Crippen LogP) is -0.156. The Morgan fingerprint density at radius 2 is 2.00 bits per heavy atom. The highest BCUT2D eigenvalue weighted by molar-refractivity contribution is 7.91. The summed E-state index contributed by atoms with van der Waals surface area (Å²) in [5, 5.41) is 0. The van der Waals surface area contributed by atoms with Gasteiger partial charge in [-0.3, -0.25) is 0 Å². The molecule has 0 bridgehead atoms. The van der Waals surface area contributed by atoms with E-state index in [9.17, 15) is 8.42 Å². The average molecular weight is 232 g/mol. The summed E-state index contributed by atoms with van der Waals surface area (Å²) in [5.41, 5.74) is 6.07. The monoisotopic (exact) mass is 232 g/mol. The Labute approximate surface area is 91.7 Å². The molecule has 2 saturated heterocycles. The molecule has 0 amide bonds. The van der Waals surface area contributed by atoms with Crippen molar-refractivity contribution >= 4 is 9.84 Å². The fraction of sp³-hybridized carbons (Fsp3) is 1.00. The maximum Gasteiger partial charge on any atom is 0.150 e. The Hall–Kier alpha value is -0.130. The van der Waals surface area contributed by atoms with Crippen molar-refractivity contribution in [3.8, 4) is 0 Å². The molecule has 0 aromatic carbocycles. The van der Waals surface area contributed by atoms with Crippen LogP contribution < -0.4 is 5.73 Å². The molecule has 0 aromatic heterocycles. The SMILES string of the molecule is NC(CN1CCCC1)C1CCS(=O)(=O)C1. The largest absolute Gasteiger partial charge is 0.326 e. The quantitative estimate of drug-likeness (QED) is 0.734. The minimum absolute atomic E-state index is 0.0420. The Morgan fingerprint density at radius 3 is 2.53 bits per heavy atom. The number of hydrogen-bond donors (Lipinski definition) is 1. The third-order valence-corrected chi connectivity index (χ3v) is 5.33. The first-order chi connectivity index (χ1) is 7.07. The van der Waals surface area contributed by atoms with E-state index < -0.39 is 9.84 Å². The molecule has 2 atom stereocenters. The van der Waals surface area contributed by atoms with Crippen LogP contribution in [0.5, 0.6) is 0 Å². The molecule has 2 rings (SSSR count). The van der Waals surface area contributed by atoms with Crippen LogP contribution in [-0.2, 0) is 9.84 Å². The fourth-order valence-electron chi connectivity index (χ4n) is 2.57. The van der Waals surface area contributed by atoms with Gasteiger partial charge in [0.05, 0.1) is 11.5 Å². The molecular formula is C10H20N2O2S. The van der Waals surface area contributed by atoms with E-state index in [1.807, 2.05) is 0 Å². The molecule has 2 unspecified atom stereocenters. The van der Waals surface area contributed by atoms with E-state index in [2.05, 4.69) is 4.90 Å². The number of nitrogens with zero attached hydrogens (tertiary/aromatic N) is 1. The summed E-state index contributed by atoms with van der Waals surface area (Å²) in [7, 11) is -2.77. The van der Waals surface area contributed by atoms with Crippen LogP contribution in [0.15, 0.2) is 0 Å². The lowest BCUT2D eigenvalue weighted by Gasteiger charge is -2.23. The van der Waals surface area contributed by atoms with Gasteiger partial charge in [-0.2, -0.15) is 0 Å². The molecule has 2 N–H and O–H groups in total. The van der Waals surface area contributed by atoms with Gasteiger partial charge < -0.3 is 10.6 Å². The van der Waals surface area contributed by atoms with Crippen molar-refractivity contribution in [3.63, 3.8) is 0 Å². The molecule has 0 radical (unpaired) electrons. The van der Waals surface area contributed by atoms with Gasteiger partial charge in [0.15, 0.2) is 9.84 Å². The zero-order valence-electron chi connectivity index (χ0n) is 9.06. The van der Waals surface area contributed by atoms with Crippen LogP contribution in [0.4, 0.5) is 0 Å². The van der Waals surface area contributed by atoms with E-state index in [1.54, 1.807) is 0 Å². The highest BCUT2D eigenvalue weighted by atomic mass is 32.2. The summed E-state index contributed by atoms with van der Waals surface area (Å²) in [5.74, 6) is 0.837. The third-order valence-electron chi connectivity index (χ3n) is 3.54. The highest BCUT2D eigenvalue weighted by Gasteiger charge is 2.32. The van der Waals surface area contributed by atoms with Gasteiger partial charge in [0, 0.05) is 12.6 Å². The van der Waals surface area contributed by atoms with E-state index in [-0.39, 0.29) is 12.0 Å². The molecule has 2 aliphatic rings. The highest BCUT2D eigenvalue weighted by Crippen LogP contribution is 2.22. The second-order valence-electron chi connectivity index (χ2n) is 4.83. The van der Waals surface area contributed by atoms with Gasteiger partial charge in [-0.25, -0.2) is 8.42 Å². The molecule has 2 fully saturated rings. The maximum atomic E-state index is 11.3. The van der Waals surface area contributed by atoms with E-state index in [0.29, 0.717) is 11.5 Å². The molecule has 2 aliphatic heterocycles. The van der Waals surface area contributed by atoms with E-state index in [4.69, 9.17) is 5.73 Å². The average Bonchev–Trinajstić information content (AvgIpc) is 2.74. The minimum atomic E-state index is -2.77. The first-order valence-electron chi connectivity index (χ1n) is 5.75. The number of likely N-dealkylation sites (tertiary alicyclic amines) is 1. The van der Waals surface area contributed by atoms with E-state index in [1.165, 1.54) is 12.8 Å². The van der Waals surface area contributed by atoms with Gasteiger partial charge in [-0.05, 0) is 38.3 Å². The first-order valence-corrected chi connectivity index (χ1v) is 7.57. The zero-order valence-corrected chi connectivity index (χ0v) is 9.88. The Morgan fingerprint density at radius 1 is 1.33 bits per heavy atom. The number of nitrogens with two attached hydrogens (primary N) is 1. The van der Waals surface area contributed by atoms with Crippen LogP contribution in [0.1, 0.15) is 19.3 Å². The van der Waals surface area contributed by atoms with Crippen molar-refractivity contribution in [2.75, 3.05) is 31.1 Å². The fourth-order valence-corrected chi connectivity index (χ4v) is 4.47. The normalized spacial score (nSPS) is 33.3. The van der Waals surface area contributed by atoms with E-state index >= 15 is 0 Å². The first kappa shape index (κ1) is 11.4. The van der Waals surface area contributed by atoms with Crippen molar-refractivity contribution in [2.24, 2.45) is 11.7 Å². The van der Waals surface area contributed by atoms with Crippen LogP contribution in [0, 0.1) is 5.92 Å². The van der Waals surface area contributed by atoms with Crippen molar-refractivity contribution in [2.45, 2.75) is 25.3 Å². The summed E-state index contributed by atoms with van der Waals surface area (Å²) in [6.45, 7) is 3.14. The number of rotatable bonds is 3. The van der Waals surface area contributed by atoms with Crippen molar-refractivity contribution in [1.29, 1.82) is 0 Å². The molecule has 15 heavy (non-hydrogen) atoms. The summed E-state index contributed by atoms with van der Waals surface area (Å²) in [6.07, 6.45) is 3.28. The minimum Gasteiger partial charge on any atom is -0.326 e. The Balaban J connectivity index is 1.83. The third kappa shape index (κ3) is 2.92. The van der Waals surface area contributed by atoms with Gasteiger partial charge in [0.2, 0.25) is 0 Å². The van der Waals surface area contributed by atoms with E-state index in [0.717, 1.165) is 26.1 Å². The number of hydrogen-bond acceptors (Lipinski definition) is 4. The standard InChI is InChI=1S/C10H20N2O2S/c11-10(7-12-4-1-2-5-12)9-3-6-15(13,14)8-9/h9-10H,1-8,11H2. The van der Waals surface area contributed by atoms with Gasteiger partial charge in [0.25, 0.3) is 0 Å². The molecule has 0 aromatic rings. The Bertz CT molecular complexity index is 309. The van der Waals surface area contributed by atoms with Crippen LogP contribution in [0.25, 0.3) is 0 Å². The smallest absolute Gasteiger partial charge is 0.150 e. The van der Waals surface area contributed by atoms with Crippen LogP contribution in [0.3, 0.4) is 0 Å². The van der Waals surface area contributed by atoms with Crippen molar-refractivity contribution < 1.29 is 8.42 Å². The summed E-state index contributed by atoms with van der Waals surface area (Å²) < 4.78 is 22.6. The lowest BCUT2D eigenvalue weighted by Crippen LogP contribution is -2.41. The van der Waals surface area contributed by atoms with Gasteiger partial charge in [0.1, 0.15) is 0 Å². The van der Waals surface area contributed by atoms with Crippen molar-refractivity contribution in [1.82, 2.24) is 4.90 Å². The summed E-state index contributed by atoms with van der Waals surface area (Å²) >= 11 is 0. The second-order valence-corrected chi connectivity index (χ2v) is 7.06. The Kier molecular flexibility index (Phi) is 3.33. The predicted molar refractivity (Wildman–Crippen MR) is 60.4 cm³/mol. The summed E-state index contributed by atoms with van der Waals surface area (Å²) in [4.78, 5) is 2.36. The topological polar surface area (TPSA) is 63.4 Å². The molecule has 0 aliphatic carbocycles. The molecular weight excluding hydrogens is 212 g/mol. The maximum absolute atomic E-state index is 11.3. The lowest BCUT2D eigenvalue weighted by molar-refractivity contribution is 0.280. The molecule has 0 saturated carbocycles. The lowest BCUT2D eigenvalue weighted by atomic mass is 10.00. The van der Waals surface area contributed by atoms with Crippen molar-refractivity contribution in [3.05, 3.63) is 0 Å². The van der Waals surface area contributed by atoms with Gasteiger partial charge >= 0.3 is 0 Å². The van der Waals surface area contributed by atoms with Crippen LogP contribution in [-0.4, -0.2) is 50.5 Å². The summed E-state index contributed by atoms with van der Waals surface area (Å²) in [6, 6.07) is 0.0420. The molecule has 4 nitrogen and oxygen atoms in total. The molecule has 5 heteroatoms. The zero-order chi connectivity index (χ0) is 10.9. The van der Waals surface area contributed by atoms with Crippen LogP contribution in [0.2, 0.25) is 0 Å².